The van der Waals surface area contributed by atoms with E-state index in [9.17, 15) is 17.6 Å². The van der Waals surface area contributed by atoms with Crippen LogP contribution in [0.25, 0.3) is 0 Å². The van der Waals surface area contributed by atoms with Crippen LogP contribution in [0.5, 0.6) is 5.75 Å². The molecule has 1 aliphatic rings. The smallest absolute Gasteiger partial charge is 0.403 e. The van der Waals surface area contributed by atoms with Crippen molar-refractivity contribution in [3.8, 4) is 17.6 Å². The zero-order chi connectivity index (χ0) is 23.7. The minimum atomic E-state index is -4.92. The van der Waals surface area contributed by atoms with Crippen LogP contribution in [0.3, 0.4) is 0 Å². The van der Waals surface area contributed by atoms with Gasteiger partial charge in [-0.05, 0) is 85.8 Å². The topological polar surface area (TPSA) is 9.23 Å². The molecule has 0 radical (unpaired) electrons. The number of benzene rings is 2. The van der Waals surface area contributed by atoms with E-state index in [2.05, 4.69) is 53.8 Å². The number of unbranched alkanes of at least 4 members (excludes halogenated alkanes) is 2. The molecule has 0 N–H and O–H groups in total. The van der Waals surface area contributed by atoms with Crippen LogP contribution in [0.2, 0.25) is 0 Å². The third-order valence-corrected chi connectivity index (χ3v) is 6.12. The normalized spacial score (nSPS) is 18.7. The maximum absolute atomic E-state index is 13.7. The predicted octanol–water partition coefficient (Wildman–Crippen LogP) is 8.34. The van der Waals surface area contributed by atoms with E-state index in [0.29, 0.717) is 17.4 Å². The Bertz CT molecular complexity index is 972. The number of rotatable bonds is 7. The Labute approximate surface area is 193 Å². The lowest BCUT2D eigenvalue weighted by atomic mass is 9.78. The van der Waals surface area contributed by atoms with Gasteiger partial charge >= 0.3 is 6.36 Å². The van der Waals surface area contributed by atoms with Gasteiger partial charge in [0, 0.05) is 5.56 Å². The fourth-order valence-electron chi connectivity index (χ4n) is 4.28. The SMILES string of the molecule is CCCCCc1ccc([C@H]2CC[C@H](/C=C/C#Cc3ccc(OC(F)(F)F)c(F)c3)CC2)cc1. The highest BCUT2D eigenvalue weighted by molar-refractivity contribution is 5.41. The standard InChI is InChI=1S/C28H30F4O/c1-2-3-4-7-21-10-15-24(16-11-21)25-17-12-22(13-18-25)8-5-6-9-23-14-19-27(26(29)20-23)33-28(30,31)32/h5,8,10-11,14-16,19-20,22,25H,2-4,7,12-13,17-18H2,1H3/b8-5+/t22-,25-. The van der Waals surface area contributed by atoms with Crippen LogP contribution < -0.4 is 4.74 Å². The van der Waals surface area contributed by atoms with Crippen LogP contribution >= 0.6 is 0 Å². The summed E-state index contributed by atoms with van der Waals surface area (Å²) in [6, 6.07) is 12.3. The van der Waals surface area contributed by atoms with Gasteiger partial charge in [-0.2, -0.15) is 0 Å². The number of allylic oxidation sites excluding steroid dienone is 2. The fraction of sp³-hybridized carbons (Fsp3) is 0.429. The fourth-order valence-corrected chi connectivity index (χ4v) is 4.28. The molecule has 1 aliphatic carbocycles. The number of alkyl halides is 3. The summed E-state index contributed by atoms with van der Waals surface area (Å²) in [5.41, 5.74) is 3.15. The molecule has 0 aliphatic heterocycles. The lowest BCUT2D eigenvalue weighted by Gasteiger charge is -2.27. The average molecular weight is 459 g/mol. The van der Waals surface area contributed by atoms with Crippen LogP contribution in [0.15, 0.2) is 54.6 Å². The minimum Gasteiger partial charge on any atom is -0.403 e. The van der Waals surface area contributed by atoms with Crippen molar-refractivity contribution in [2.75, 3.05) is 0 Å². The Balaban J connectivity index is 1.46. The monoisotopic (exact) mass is 458 g/mol. The molecule has 0 saturated heterocycles. The van der Waals surface area contributed by atoms with Crippen LogP contribution in [0.4, 0.5) is 17.6 Å². The van der Waals surface area contributed by atoms with Crippen molar-refractivity contribution in [1.29, 1.82) is 0 Å². The van der Waals surface area contributed by atoms with Crippen LogP contribution in [0.1, 0.15) is 74.5 Å². The van der Waals surface area contributed by atoms with Crippen molar-refractivity contribution in [2.45, 2.75) is 70.6 Å². The van der Waals surface area contributed by atoms with E-state index in [1.807, 2.05) is 0 Å². The largest absolute Gasteiger partial charge is 0.573 e. The van der Waals surface area contributed by atoms with E-state index >= 15 is 0 Å². The first-order valence-electron chi connectivity index (χ1n) is 11.7. The first kappa shape index (κ1) is 24.9. The number of hydrogen-bond acceptors (Lipinski definition) is 1. The maximum atomic E-state index is 13.7. The van der Waals surface area contributed by atoms with Gasteiger partial charge < -0.3 is 4.74 Å². The van der Waals surface area contributed by atoms with Gasteiger partial charge in [-0.3, -0.25) is 0 Å². The third kappa shape index (κ3) is 8.28. The number of hydrogen-bond donors (Lipinski definition) is 0. The Morgan fingerprint density at radius 2 is 1.73 bits per heavy atom. The first-order valence-corrected chi connectivity index (χ1v) is 11.7. The third-order valence-electron chi connectivity index (χ3n) is 6.12. The second-order valence-corrected chi connectivity index (χ2v) is 8.63. The summed E-state index contributed by atoms with van der Waals surface area (Å²) in [6.45, 7) is 2.22. The molecule has 33 heavy (non-hydrogen) atoms. The van der Waals surface area contributed by atoms with Crippen molar-refractivity contribution in [2.24, 2.45) is 5.92 Å². The average Bonchev–Trinajstić information content (AvgIpc) is 2.79. The van der Waals surface area contributed by atoms with Gasteiger partial charge in [0.1, 0.15) is 0 Å². The first-order chi connectivity index (χ1) is 15.8. The van der Waals surface area contributed by atoms with Crippen LogP contribution in [-0.2, 0) is 6.42 Å². The zero-order valence-electron chi connectivity index (χ0n) is 18.9. The van der Waals surface area contributed by atoms with Crippen LogP contribution in [0, 0.1) is 23.6 Å². The van der Waals surface area contributed by atoms with Gasteiger partial charge in [-0.25, -0.2) is 4.39 Å². The van der Waals surface area contributed by atoms with E-state index < -0.39 is 17.9 Å². The molecule has 5 heteroatoms. The molecule has 2 aromatic carbocycles. The van der Waals surface area contributed by atoms with Crippen molar-refractivity contribution in [3.63, 3.8) is 0 Å². The molecule has 0 atom stereocenters. The Hall–Kier alpha value is -2.74. The molecule has 3 rings (SSSR count). The molecule has 0 spiro atoms. The summed E-state index contributed by atoms with van der Waals surface area (Å²) in [7, 11) is 0. The summed E-state index contributed by atoms with van der Waals surface area (Å²) in [5, 5.41) is 0. The van der Waals surface area contributed by atoms with E-state index in [0.717, 1.165) is 44.2 Å². The van der Waals surface area contributed by atoms with Gasteiger partial charge in [-0.15, -0.1) is 13.2 Å². The summed E-state index contributed by atoms with van der Waals surface area (Å²) < 4.78 is 54.0. The maximum Gasteiger partial charge on any atom is 0.573 e. The minimum absolute atomic E-state index is 0.300. The molecule has 0 unspecified atom stereocenters. The molecule has 2 aromatic rings. The lowest BCUT2D eigenvalue weighted by Crippen LogP contribution is -2.17. The number of ether oxygens (including phenoxy) is 1. The van der Waals surface area contributed by atoms with Crippen molar-refractivity contribution < 1.29 is 22.3 Å². The lowest BCUT2D eigenvalue weighted by molar-refractivity contribution is -0.275. The van der Waals surface area contributed by atoms with E-state index in [4.69, 9.17) is 0 Å². The second kappa shape index (κ2) is 11.9. The molecule has 0 aromatic heterocycles. The molecule has 0 amide bonds. The number of aryl methyl sites for hydroxylation is 1. The van der Waals surface area contributed by atoms with Gasteiger partial charge in [-0.1, -0.05) is 61.9 Å². The molecular weight excluding hydrogens is 428 g/mol. The molecule has 176 valence electrons. The molecule has 1 fully saturated rings. The van der Waals surface area contributed by atoms with Gasteiger partial charge in [0.25, 0.3) is 0 Å². The molecule has 1 saturated carbocycles. The summed E-state index contributed by atoms with van der Waals surface area (Å²) in [4.78, 5) is 0. The molecule has 0 bridgehead atoms. The predicted molar refractivity (Wildman–Crippen MR) is 123 cm³/mol. The van der Waals surface area contributed by atoms with Gasteiger partial charge in [0.15, 0.2) is 11.6 Å². The van der Waals surface area contributed by atoms with Gasteiger partial charge in [0.2, 0.25) is 0 Å². The van der Waals surface area contributed by atoms with E-state index in [-0.39, 0.29) is 0 Å². The zero-order valence-corrected chi connectivity index (χ0v) is 18.9. The summed E-state index contributed by atoms with van der Waals surface area (Å²) in [5.74, 6) is 4.73. The Morgan fingerprint density at radius 3 is 2.36 bits per heavy atom. The highest BCUT2D eigenvalue weighted by Gasteiger charge is 2.32. The Morgan fingerprint density at radius 1 is 1.00 bits per heavy atom. The molecule has 1 nitrogen and oxygen atoms in total. The van der Waals surface area contributed by atoms with E-state index in [1.54, 1.807) is 6.08 Å². The second-order valence-electron chi connectivity index (χ2n) is 8.63. The van der Waals surface area contributed by atoms with Crippen molar-refractivity contribution in [3.05, 3.63) is 77.1 Å². The Kier molecular flexibility index (Phi) is 9.00. The van der Waals surface area contributed by atoms with E-state index in [1.165, 1.54) is 36.5 Å². The molecular formula is C28H30F4O. The number of halogens is 4. The highest BCUT2D eigenvalue weighted by atomic mass is 19.4. The highest BCUT2D eigenvalue weighted by Crippen LogP contribution is 2.36. The summed E-state index contributed by atoms with van der Waals surface area (Å²) >= 11 is 0. The van der Waals surface area contributed by atoms with Crippen molar-refractivity contribution >= 4 is 0 Å². The van der Waals surface area contributed by atoms with Crippen LogP contribution in [-0.4, -0.2) is 6.36 Å². The summed E-state index contributed by atoms with van der Waals surface area (Å²) in [6.07, 6.45) is 8.33. The molecule has 0 heterocycles. The van der Waals surface area contributed by atoms with Gasteiger partial charge in [0.05, 0.1) is 0 Å². The van der Waals surface area contributed by atoms with Crippen molar-refractivity contribution in [1.82, 2.24) is 0 Å². The quantitative estimate of drug-likeness (QED) is 0.230.